The highest BCUT2D eigenvalue weighted by Crippen LogP contribution is 2.26. The number of benzene rings is 1. The predicted octanol–water partition coefficient (Wildman–Crippen LogP) is 2.93. The summed E-state index contributed by atoms with van der Waals surface area (Å²) < 4.78 is 1.82. The molecule has 0 radical (unpaired) electrons. The minimum Gasteiger partial charge on any atom is -0.222 e. The van der Waals surface area contributed by atoms with Crippen molar-refractivity contribution in [3.8, 4) is 11.8 Å². The summed E-state index contributed by atoms with van der Waals surface area (Å²) in [6.45, 7) is 2.05. The molecule has 0 fully saturated rings. The van der Waals surface area contributed by atoms with Crippen LogP contribution in [0.25, 0.3) is 5.69 Å². The van der Waals surface area contributed by atoms with Crippen LogP contribution in [-0.2, 0) is 12.8 Å². The minimum absolute atomic E-state index is 0.721. The SMILES string of the molecule is Cc1ccccc1-n1nc2c(c1C#N)CCCC2. The number of aryl methyl sites for hydroxylation is 2. The molecule has 0 N–H and O–H groups in total. The van der Waals surface area contributed by atoms with E-state index in [1.54, 1.807) is 0 Å². The van der Waals surface area contributed by atoms with Crippen molar-refractivity contribution >= 4 is 0 Å². The Bertz CT molecular complexity index is 632. The maximum Gasteiger partial charge on any atom is 0.147 e. The van der Waals surface area contributed by atoms with Gasteiger partial charge in [0, 0.05) is 5.56 Å². The van der Waals surface area contributed by atoms with Crippen LogP contribution < -0.4 is 0 Å². The zero-order valence-corrected chi connectivity index (χ0v) is 10.5. The molecular weight excluding hydrogens is 222 g/mol. The lowest BCUT2D eigenvalue weighted by Crippen LogP contribution is -2.02. The monoisotopic (exact) mass is 237 g/mol. The number of rotatable bonds is 1. The van der Waals surface area contributed by atoms with E-state index >= 15 is 0 Å². The molecule has 2 aromatic rings. The smallest absolute Gasteiger partial charge is 0.147 e. The van der Waals surface area contributed by atoms with Gasteiger partial charge in [-0.05, 0) is 44.2 Å². The van der Waals surface area contributed by atoms with E-state index < -0.39 is 0 Å². The molecule has 0 saturated heterocycles. The second kappa shape index (κ2) is 4.30. The molecule has 1 aliphatic carbocycles. The number of hydrogen-bond donors (Lipinski definition) is 0. The van der Waals surface area contributed by atoms with Gasteiger partial charge in [0.15, 0.2) is 0 Å². The highest BCUT2D eigenvalue weighted by Gasteiger charge is 2.21. The van der Waals surface area contributed by atoms with Crippen LogP contribution in [0.2, 0.25) is 0 Å². The molecule has 0 saturated carbocycles. The maximum atomic E-state index is 9.40. The molecule has 3 rings (SSSR count). The summed E-state index contributed by atoms with van der Waals surface area (Å²) in [6, 6.07) is 10.4. The third kappa shape index (κ3) is 1.62. The Morgan fingerprint density at radius 3 is 2.78 bits per heavy atom. The molecule has 18 heavy (non-hydrogen) atoms. The van der Waals surface area contributed by atoms with Crippen LogP contribution in [0.1, 0.15) is 35.4 Å². The van der Waals surface area contributed by atoms with Crippen LogP contribution in [0.4, 0.5) is 0 Å². The van der Waals surface area contributed by atoms with Gasteiger partial charge in [-0.15, -0.1) is 0 Å². The van der Waals surface area contributed by atoms with Crippen LogP contribution in [0.3, 0.4) is 0 Å². The molecule has 0 bridgehead atoms. The van der Waals surface area contributed by atoms with Gasteiger partial charge in [0.1, 0.15) is 11.8 Å². The second-order valence-corrected chi connectivity index (χ2v) is 4.79. The van der Waals surface area contributed by atoms with Crippen molar-refractivity contribution in [3.63, 3.8) is 0 Å². The molecule has 1 aliphatic rings. The molecule has 90 valence electrons. The summed E-state index contributed by atoms with van der Waals surface area (Å²) in [6.07, 6.45) is 4.34. The van der Waals surface area contributed by atoms with Crippen molar-refractivity contribution in [3.05, 3.63) is 46.8 Å². The third-order valence-corrected chi connectivity index (χ3v) is 3.61. The fourth-order valence-corrected chi connectivity index (χ4v) is 2.64. The summed E-state index contributed by atoms with van der Waals surface area (Å²) in [7, 11) is 0. The number of aromatic nitrogens is 2. The summed E-state index contributed by atoms with van der Waals surface area (Å²) in [4.78, 5) is 0. The number of nitriles is 1. The Labute approximate surface area is 107 Å². The molecule has 0 spiro atoms. The first-order chi connectivity index (χ1) is 8.81. The minimum atomic E-state index is 0.721. The van der Waals surface area contributed by atoms with Gasteiger partial charge in [0.25, 0.3) is 0 Å². The largest absolute Gasteiger partial charge is 0.222 e. The average Bonchev–Trinajstić information content (AvgIpc) is 2.77. The van der Waals surface area contributed by atoms with Crippen LogP contribution in [0, 0.1) is 18.3 Å². The van der Waals surface area contributed by atoms with E-state index in [0.29, 0.717) is 0 Å². The number of para-hydroxylation sites is 1. The molecular formula is C15H15N3. The first-order valence-electron chi connectivity index (χ1n) is 6.38. The number of fused-ring (bicyclic) bond motifs is 1. The molecule has 0 atom stereocenters. The molecule has 0 aliphatic heterocycles. The lowest BCUT2D eigenvalue weighted by atomic mass is 9.96. The molecule has 0 amide bonds. The van der Waals surface area contributed by atoms with Gasteiger partial charge in [0.2, 0.25) is 0 Å². The van der Waals surface area contributed by atoms with Crippen molar-refractivity contribution in [2.24, 2.45) is 0 Å². The van der Waals surface area contributed by atoms with Gasteiger partial charge < -0.3 is 0 Å². The Hall–Kier alpha value is -2.08. The van der Waals surface area contributed by atoms with E-state index in [1.807, 2.05) is 22.9 Å². The number of nitrogens with zero attached hydrogens (tertiary/aromatic N) is 3. The van der Waals surface area contributed by atoms with E-state index in [-0.39, 0.29) is 0 Å². The van der Waals surface area contributed by atoms with Crippen molar-refractivity contribution in [2.45, 2.75) is 32.6 Å². The second-order valence-electron chi connectivity index (χ2n) is 4.79. The third-order valence-electron chi connectivity index (χ3n) is 3.61. The van der Waals surface area contributed by atoms with E-state index in [0.717, 1.165) is 41.0 Å². The summed E-state index contributed by atoms with van der Waals surface area (Å²) in [5.41, 5.74) is 5.16. The Balaban J connectivity index is 2.22. The average molecular weight is 237 g/mol. The normalized spacial score (nSPS) is 14.0. The molecule has 3 nitrogen and oxygen atoms in total. The van der Waals surface area contributed by atoms with Crippen LogP contribution >= 0.6 is 0 Å². The highest BCUT2D eigenvalue weighted by atomic mass is 15.3. The van der Waals surface area contributed by atoms with Crippen LogP contribution in [-0.4, -0.2) is 9.78 Å². The van der Waals surface area contributed by atoms with Crippen molar-refractivity contribution in [2.75, 3.05) is 0 Å². The van der Waals surface area contributed by atoms with Crippen LogP contribution in [0.15, 0.2) is 24.3 Å². The van der Waals surface area contributed by atoms with Crippen molar-refractivity contribution < 1.29 is 0 Å². The van der Waals surface area contributed by atoms with Crippen LogP contribution in [0.5, 0.6) is 0 Å². The standard InChI is InChI=1S/C15H15N3/c1-11-6-2-5-9-14(11)18-15(10-16)12-7-3-4-8-13(12)17-18/h2,5-6,9H,3-4,7-8H2,1H3. The number of hydrogen-bond acceptors (Lipinski definition) is 2. The Morgan fingerprint density at radius 1 is 1.22 bits per heavy atom. The lowest BCUT2D eigenvalue weighted by Gasteiger charge is -2.08. The summed E-state index contributed by atoms with van der Waals surface area (Å²) >= 11 is 0. The fraction of sp³-hybridized carbons (Fsp3) is 0.333. The molecule has 1 heterocycles. The summed E-state index contributed by atoms with van der Waals surface area (Å²) in [5, 5.41) is 14.1. The van der Waals surface area contributed by atoms with E-state index in [2.05, 4.69) is 24.2 Å². The predicted molar refractivity (Wildman–Crippen MR) is 69.7 cm³/mol. The highest BCUT2D eigenvalue weighted by molar-refractivity contribution is 5.47. The van der Waals surface area contributed by atoms with E-state index in [9.17, 15) is 5.26 Å². The van der Waals surface area contributed by atoms with Gasteiger partial charge in [-0.2, -0.15) is 10.4 Å². The zero-order chi connectivity index (χ0) is 12.5. The van der Waals surface area contributed by atoms with Gasteiger partial charge in [-0.3, -0.25) is 0 Å². The first kappa shape index (κ1) is 11.0. The van der Waals surface area contributed by atoms with Gasteiger partial charge in [-0.25, -0.2) is 4.68 Å². The topological polar surface area (TPSA) is 41.6 Å². The zero-order valence-electron chi connectivity index (χ0n) is 10.5. The molecule has 0 unspecified atom stereocenters. The van der Waals surface area contributed by atoms with Gasteiger partial charge in [0.05, 0.1) is 11.4 Å². The Kier molecular flexibility index (Phi) is 2.64. The molecule has 1 aromatic carbocycles. The first-order valence-corrected chi connectivity index (χ1v) is 6.38. The summed E-state index contributed by atoms with van der Waals surface area (Å²) in [5.74, 6) is 0. The fourth-order valence-electron chi connectivity index (χ4n) is 2.64. The van der Waals surface area contributed by atoms with Gasteiger partial charge in [-0.1, -0.05) is 18.2 Å². The quantitative estimate of drug-likeness (QED) is 0.765. The van der Waals surface area contributed by atoms with E-state index in [1.165, 1.54) is 12.8 Å². The lowest BCUT2D eigenvalue weighted by molar-refractivity contribution is 0.671. The van der Waals surface area contributed by atoms with Gasteiger partial charge >= 0.3 is 0 Å². The Morgan fingerprint density at radius 2 is 2.00 bits per heavy atom. The maximum absolute atomic E-state index is 9.40. The van der Waals surface area contributed by atoms with E-state index in [4.69, 9.17) is 0 Å². The molecule has 1 aromatic heterocycles. The van der Waals surface area contributed by atoms with Crippen molar-refractivity contribution in [1.82, 2.24) is 9.78 Å². The molecule has 3 heteroatoms. The van der Waals surface area contributed by atoms with Crippen molar-refractivity contribution in [1.29, 1.82) is 5.26 Å².